The molecule has 1 saturated heterocycles. The van der Waals surface area contributed by atoms with Gasteiger partial charge in [0.15, 0.2) is 0 Å². The zero-order valence-electron chi connectivity index (χ0n) is 8.13. The van der Waals surface area contributed by atoms with Crippen molar-refractivity contribution in [2.24, 2.45) is 0 Å². The minimum Gasteiger partial charge on any atom is -0.389 e. The van der Waals surface area contributed by atoms with E-state index in [-0.39, 0.29) is 0 Å². The summed E-state index contributed by atoms with van der Waals surface area (Å²) in [7, 11) is 0. The summed E-state index contributed by atoms with van der Waals surface area (Å²) >= 11 is 2.01. The molecule has 0 saturated carbocycles. The Morgan fingerprint density at radius 3 is 2.67 bits per heavy atom. The fourth-order valence-corrected chi connectivity index (χ4v) is 2.54. The summed E-state index contributed by atoms with van der Waals surface area (Å²) in [6, 6.07) is 0.608. The van der Waals surface area contributed by atoms with Crippen molar-refractivity contribution in [2.45, 2.75) is 44.1 Å². The van der Waals surface area contributed by atoms with Crippen LogP contribution in [0.15, 0.2) is 0 Å². The van der Waals surface area contributed by atoms with Gasteiger partial charge >= 0.3 is 0 Å². The number of rotatable bonds is 3. The Hall–Kier alpha value is 0.270. The summed E-state index contributed by atoms with van der Waals surface area (Å²) in [5.41, 5.74) is -0.573. The van der Waals surface area contributed by atoms with E-state index in [4.69, 9.17) is 0 Å². The molecule has 1 aliphatic heterocycles. The Balaban J connectivity index is 2.16. The topological polar surface area (TPSA) is 32.3 Å². The summed E-state index contributed by atoms with van der Waals surface area (Å²) in [5.74, 6) is 1.19. The molecule has 0 amide bonds. The predicted molar refractivity (Wildman–Crippen MR) is 54.6 cm³/mol. The second-order valence-electron chi connectivity index (χ2n) is 4.27. The van der Waals surface area contributed by atoms with Gasteiger partial charge < -0.3 is 10.4 Å². The molecule has 0 aliphatic carbocycles. The standard InChI is InChI=1S/C9H19NOS/c1-7-4-8(5-12-7)10-6-9(2,3)11/h7-8,10-11H,4-6H2,1-3H3. The van der Waals surface area contributed by atoms with E-state index < -0.39 is 5.60 Å². The zero-order valence-corrected chi connectivity index (χ0v) is 8.95. The maximum absolute atomic E-state index is 9.47. The van der Waals surface area contributed by atoms with Crippen LogP contribution in [0, 0.1) is 0 Å². The summed E-state index contributed by atoms with van der Waals surface area (Å²) in [6.45, 7) is 6.64. The van der Waals surface area contributed by atoms with Gasteiger partial charge in [-0.15, -0.1) is 0 Å². The smallest absolute Gasteiger partial charge is 0.0715 e. The van der Waals surface area contributed by atoms with Crippen molar-refractivity contribution < 1.29 is 5.11 Å². The average Bonchev–Trinajstić information content (AvgIpc) is 2.30. The van der Waals surface area contributed by atoms with Gasteiger partial charge in [0, 0.05) is 23.6 Å². The quantitative estimate of drug-likeness (QED) is 0.700. The van der Waals surface area contributed by atoms with Crippen LogP contribution in [0.25, 0.3) is 0 Å². The fourth-order valence-electron chi connectivity index (χ4n) is 1.35. The molecule has 1 fully saturated rings. The lowest BCUT2D eigenvalue weighted by Gasteiger charge is -2.20. The predicted octanol–water partition coefficient (Wildman–Crippen LogP) is 1.24. The highest BCUT2D eigenvalue weighted by Gasteiger charge is 2.23. The lowest BCUT2D eigenvalue weighted by Crippen LogP contribution is -2.40. The van der Waals surface area contributed by atoms with E-state index in [0.717, 1.165) is 5.25 Å². The van der Waals surface area contributed by atoms with Gasteiger partial charge in [-0.05, 0) is 20.3 Å². The minimum absolute atomic E-state index is 0.573. The first kappa shape index (κ1) is 10.4. The lowest BCUT2D eigenvalue weighted by molar-refractivity contribution is 0.0771. The summed E-state index contributed by atoms with van der Waals surface area (Å²) in [4.78, 5) is 0. The van der Waals surface area contributed by atoms with Crippen LogP contribution in [0.2, 0.25) is 0 Å². The van der Waals surface area contributed by atoms with Gasteiger partial charge in [-0.25, -0.2) is 0 Å². The number of thioether (sulfide) groups is 1. The Kier molecular flexibility index (Phi) is 3.44. The molecule has 0 bridgehead atoms. The van der Waals surface area contributed by atoms with Crippen LogP contribution in [-0.4, -0.2) is 34.3 Å². The van der Waals surface area contributed by atoms with Crippen LogP contribution < -0.4 is 5.32 Å². The highest BCUT2D eigenvalue weighted by atomic mass is 32.2. The van der Waals surface area contributed by atoms with E-state index in [1.807, 2.05) is 25.6 Å². The molecule has 1 rings (SSSR count). The van der Waals surface area contributed by atoms with Crippen LogP contribution >= 0.6 is 11.8 Å². The Morgan fingerprint density at radius 2 is 2.25 bits per heavy atom. The van der Waals surface area contributed by atoms with E-state index in [2.05, 4.69) is 12.2 Å². The Morgan fingerprint density at radius 1 is 1.58 bits per heavy atom. The molecule has 2 unspecified atom stereocenters. The van der Waals surface area contributed by atoms with Crippen LogP contribution in [-0.2, 0) is 0 Å². The first-order valence-electron chi connectivity index (χ1n) is 4.55. The molecule has 2 atom stereocenters. The van der Waals surface area contributed by atoms with Crippen molar-refractivity contribution in [3.05, 3.63) is 0 Å². The normalized spacial score (nSPS) is 31.0. The first-order valence-corrected chi connectivity index (χ1v) is 5.59. The van der Waals surface area contributed by atoms with E-state index in [9.17, 15) is 5.11 Å². The number of hydrogen-bond acceptors (Lipinski definition) is 3. The second-order valence-corrected chi connectivity index (χ2v) is 5.74. The molecule has 2 N–H and O–H groups in total. The lowest BCUT2D eigenvalue weighted by atomic mass is 10.1. The zero-order chi connectivity index (χ0) is 9.19. The maximum Gasteiger partial charge on any atom is 0.0715 e. The third kappa shape index (κ3) is 3.78. The number of aliphatic hydroxyl groups is 1. The molecule has 0 aromatic heterocycles. The van der Waals surface area contributed by atoms with Crippen molar-refractivity contribution in [2.75, 3.05) is 12.3 Å². The van der Waals surface area contributed by atoms with Crippen LogP contribution in [0.4, 0.5) is 0 Å². The molecule has 0 aromatic rings. The molecular weight excluding hydrogens is 170 g/mol. The monoisotopic (exact) mass is 189 g/mol. The molecule has 0 aromatic carbocycles. The van der Waals surface area contributed by atoms with Crippen molar-refractivity contribution in [1.29, 1.82) is 0 Å². The van der Waals surface area contributed by atoms with Crippen molar-refractivity contribution in [1.82, 2.24) is 5.32 Å². The number of nitrogens with one attached hydrogen (secondary N) is 1. The van der Waals surface area contributed by atoms with Crippen molar-refractivity contribution in [3.8, 4) is 0 Å². The van der Waals surface area contributed by atoms with E-state index in [1.165, 1.54) is 12.2 Å². The van der Waals surface area contributed by atoms with E-state index in [1.54, 1.807) is 0 Å². The van der Waals surface area contributed by atoms with Crippen LogP contribution in [0.3, 0.4) is 0 Å². The third-order valence-electron chi connectivity index (χ3n) is 2.02. The van der Waals surface area contributed by atoms with Gasteiger partial charge in [0.05, 0.1) is 5.60 Å². The summed E-state index contributed by atoms with van der Waals surface area (Å²) in [5, 5.41) is 13.6. The SMILES string of the molecule is CC1CC(NCC(C)(C)O)CS1. The largest absolute Gasteiger partial charge is 0.389 e. The Labute approximate surface area is 79.1 Å². The third-order valence-corrected chi connectivity index (χ3v) is 3.38. The van der Waals surface area contributed by atoms with E-state index in [0.29, 0.717) is 12.6 Å². The van der Waals surface area contributed by atoms with Gasteiger partial charge in [-0.3, -0.25) is 0 Å². The Bertz CT molecular complexity index is 144. The van der Waals surface area contributed by atoms with Crippen molar-refractivity contribution >= 4 is 11.8 Å². The molecule has 72 valence electrons. The van der Waals surface area contributed by atoms with Crippen molar-refractivity contribution in [3.63, 3.8) is 0 Å². The van der Waals surface area contributed by atoms with Gasteiger partial charge in [0.1, 0.15) is 0 Å². The minimum atomic E-state index is -0.573. The van der Waals surface area contributed by atoms with Crippen LogP contribution in [0.1, 0.15) is 27.2 Å². The first-order chi connectivity index (χ1) is 5.47. The molecule has 12 heavy (non-hydrogen) atoms. The molecule has 2 nitrogen and oxygen atoms in total. The fraction of sp³-hybridized carbons (Fsp3) is 1.00. The highest BCUT2D eigenvalue weighted by Crippen LogP contribution is 2.25. The molecular formula is C9H19NOS. The molecule has 0 radical (unpaired) electrons. The summed E-state index contributed by atoms with van der Waals surface area (Å²) < 4.78 is 0. The van der Waals surface area contributed by atoms with Gasteiger partial charge in [0.2, 0.25) is 0 Å². The molecule has 3 heteroatoms. The number of hydrogen-bond donors (Lipinski definition) is 2. The van der Waals surface area contributed by atoms with Gasteiger partial charge in [-0.1, -0.05) is 6.92 Å². The summed E-state index contributed by atoms with van der Waals surface area (Å²) in [6.07, 6.45) is 1.24. The molecule has 0 spiro atoms. The maximum atomic E-state index is 9.47. The van der Waals surface area contributed by atoms with Gasteiger partial charge in [-0.2, -0.15) is 11.8 Å². The van der Waals surface area contributed by atoms with Crippen LogP contribution in [0.5, 0.6) is 0 Å². The average molecular weight is 189 g/mol. The van der Waals surface area contributed by atoms with E-state index >= 15 is 0 Å². The van der Waals surface area contributed by atoms with Gasteiger partial charge in [0.25, 0.3) is 0 Å². The second kappa shape index (κ2) is 3.99. The molecule has 1 aliphatic rings. The molecule has 1 heterocycles. The highest BCUT2D eigenvalue weighted by molar-refractivity contribution is 8.00.